The van der Waals surface area contributed by atoms with Gasteiger partial charge in [0.25, 0.3) is 0 Å². The van der Waals surface area contributed by atoms with Crippen LogP contribution in [-0.2, 0) is 11.2 Å². The number of carboxylic acid groups (broad SMARTS) is 1. The van der Waals surface area contributed by atoms with Gasteiger partial charge in [0.1, 0.15) is 6.54 Å². The van der Waals surface area contributed by atoms with Gasteiger partial charge in [0, 0.05) is 0 Å². The Bertz CT molecular complexity index is 323. The van der Waals surface area contributed by atoms with E-state index in [4.69, 9.17) is 10.2 Å². The van der Waals surface area contributed by atoms with Crippen molar-refractivity contribution >= 4 is 5.97 Å². The maximum absolute atomic E-state index is 10.2. The van der Waals surface area contributed by atoms with E-state index in [2.05, 4.69) is 21.1 Å². The molecule has 0 fully saturated rings. The van der Waals surface area contributed by atoms with Crippen molar-refractivity contribution in [1.82, 2.24) is 0 Å². The summed E-state index contributed by atoms with van der Waals surface area (Å²) < 4.78 is 0.844. The molecule has 0 bridgehead atoms. The van der Waals surface area contributed by atoms with Crippen LogP contribution in [0.25, 0.3) is 0 Å². The molecular weight excluding hydrogens is 254 g/mol. The van der Waals surface area contributed by atoms with Crippen LogP contribution in [0.1, 0.15) is 5.56 Å². The zero-order valence-electron chi connectivity index (χ0n) is 11.1. The summed E-state index contributed by atoms with van der Waals surface area (Å²) >= 11 is 0. The lowest BCUT2D eigenvalue weighted by atomic mass is 10.2. The Morgan fingerprint density at radius 2 is 1.67 bits per heavy atom. The average Bonchev–Trinajstić information content (AvgIpc) is 2.17. The second-order valence-corrected chi connectivity index (χ2v) is 4.79. The molecule has 0 heterocycles. The first-order chi connectivity index (χ1) is 7.85. The first-order valence-corrected chi connectivity index (χ1v) is 5.52. The largest absolute Gasteiger partial charge is 1.00 e. The SMILES string of the molecule is C[N+](C)(C)CCO.O=C(O)Cc1ccccc1.[Cl-]. The summed E-state index contributed by atoms with van der Waals surface area (Å²) in [5.41, 5.74) is 0.843. The third-order valence-electron chi connectivity index (χ3n) is 1.97. The molecule has 104 valence electrons. The minimum atomic E-state index is -0.786. The predicted molar refractivity (Wildman–Crippen MR) is 67.8 cm³/mol. The number of nitrogens with zero attached hydrogens (tertiary/aromatic N) is 1. The Kier molecular flexibility index (Phi) is 10.6. The van der Waals surface area contributed by atoms with Crippen molar-refractivity contribution < 1.29 is 31.9 Å². The second kappa shape index (κ2) is 9.88. The van der Waals surface area contributed by atoms with Gasteiger partial charge < -0.3 is 27.1 Å². The van der Waals surface area contributed by atoms with Gasteiger partial charge in [-0.05, 0) is 5.56 Å². The number of quaternary nitrogens is 1. The zero-order chi connectivity index (χ0) is 13.3. The Hall–Kier alpha value is -1.10. The fourth-order valence-corrected chi connectivity index (χ4v) is 1.07. The number of aliphatic carboxylic acids is 1. The molecule has 0 amide bonds. The van der Waals surface area contributed by atoms with Gasteiger partial charge in [-0.1, -0.05) is 30.3 Å². The molecule has 0 saturated heterocycles. The van der Waals surface area contributed by atoms with Crippen molar-refractivity contribution in [3.05, 3.63) is 35.9 Å². The van der Waals surface area contributed by atoms with Gasteiger partial charge in [-0.3, -0.25) is 4.79 Å². The minimum Gasteiger partial charge on any atom is -1.00 e. The van der Waals surface area contributed by atoms with Gasteiger partial charge in [-0.15, -0.1) is 0 Å². The summed E-state index contributed by atoms with van der Waals surface area (Å²) in [6.07, 6.45) is 0.112. The number of rotatable bonds is 4. The number of carboxylic acids is 1. The molecule has 18 heavy (non-hydrogen) atoms. The maximum Gasteiger partial charge on any atom is 0.307 e. The molecule has 0 spiro atoms. The zero-order valence-corrected chi connectivity index (χ0v) is 11.9. The van der Waals surface area contributed by atoms with E-state index >= 15 is 0 Å². The van der Waals surface area contributed by atoms with Crippen molar-refractivity contribution in [3.8, 4) is 0 Å². The van der Waals surface area contributed by atoms with E-state index in [-0.39, 0.29) is 25.4 Å². The average molecular weight is 276 g/mol. The highest BCUT2D eigenvalue weighted by Gasteiger charge is 2.02. The number of aliphatic hydroxyl groups is 1. The Labute approximate surface area is 115 Å². The molecule has 0 aliphatic heterocycles. The summed E-state index contributed by atoms with van der Waals surface area (Å²) in [6.45, 7) is 1.11. The number of benzene rings is 1. The van der Waals surface area contributed by atoms with E-state index in [1.807, 2.05) is 18.2 Å². The van der Waals surface area contributed by atoms with Crippen LogP contribution in [-0.4, -0.2) is 55.0 Å². The second-order valence-electron chi connectivity index (χ2n) is 4.79. The smallest absolute Gasteiger partial charge is 0.307 e. The van der Waals surface area contributed by atoms with Gasteiger partial charge >= 0.3 is 5.97 Å². The lowest BCUT2D eigenvalue weighted by Crippen LogP contribution is -3.00. The minimum absolute atomic E-state index is 0. The number of likely N-dealkylation sites (N-methyl/N-ethyl adjacent to an activating group) is 1. The van der Waals surface area contributed by atoms with Gasteiger partial charge in [-0.2, -0.15) is 0 Å². The Morgan fingerprint density at radius 1 is 1.17 bits per heavy atom. The quantitative estimate of drug-likeness (QED) is 0.625. The van der Waals surface area contributed by atoms with Crippen LogP contribution in [0.3, 0.4) is 0 Å². The monoisotopic (exact) mass is 275 g/mol. The molecule has 0 radical (unpaired) electrons. The summed E-state index contributed by atoms with van der Waals surface area (Å²) in [4.78, 5) is 10.2. The lowest BCUT2D eigenvalue weighted by molar-refractivity contribution is -0.870. The first-order valence-electron chi connectivity index (χ1n) is 5.52. The van der Waals surface area contributed by atoms with Crippen LogP contribution < -0.4 is 12.4 Å². The summed E-state index contributed by atoms with van der Waals surface area (Å²) in [7, 11) is 6.16. The van der Waals surface area contributed by atoms with Crippen LogP contribution in [0.4, 0.5) is 0 Å². The van der Waals surface area contributed by atoms with Crippen LogP contribution >= 0.6 is 0 Å². The van der Waals surface area contributed by atoms with Gasteiger partial charge in [0.15, 0.2) is 0 Å². The van der Waals surface area contributed by atoms with Gasteiger partial charge in [0.2, 0.25) is 0 Å². The number of carbonyl (C=O) groups is 1. The normalized spacial score (nSPS) is 9.78. The van der Waals surface area contributed by atoms with E-state index in [0.29, 0.717) is 0 Å². The molecule has 2 N–H and O–H groups in total. The number of hydrogen-bond donors (Lipinski definition) is 2. The van der Waals surface area contributed by atoms with Crippen molar-refractivity contribution in [2.75, 3.05) is 34.3 Å². The highest BCUT2D eigenvalue weighted by molar-refractivity contribution is 5.70. The summed E-state index contributed by atoms with van der Waals surface area (Å²) in [6, 6.07) is 9.13. The molecule has 0 aliphatic rings. The summed E-state index contributed by atoms with van der Waals surface area (Å²) in [5, 5.41) is 16.8. The van der Waals surface area contributed by atoms with Gasteiger partial charge in [0.05, 0.1) is 34.2 Å². The highest BCUT2D eigenvalue weighted by Crippen LogP contribution is 1.98. The number of hydrogen-bond acceptors (Lipinski definition) is 2. The maximum atomic E-state index is 10.2. The van der Waals surface area contributed by atoms with Crippen molar-refractivity contribution in [2.24, 2.45) is 0 Å². The number of halogens is 1. The third kappa shape index (κ3) is 13.0. The molecule has 1 aromatic carbocycles. The molecule has 1 aromatic rings. The predicted octanol–water partition coefficient (Wildman–Crippen LogP) is -2.00. The third-order valence-corrected chi connectivity index (χ3v) is 1.97. The fraction of sp³-hybridized carbons (Fsp3) is 0.462. The molecule has 5 heteroatoms. The van der Waals surface area contributed by atoms with E-state index in [1.54, 1.807) is 12.1 Å². The molecule has 4 nitrogen and oxygen atoms in total. The van der Waals surface area contributed by atoms with Crippen LogP contribution in [0.5, 0.6) is 0 Å². The van der Waals surface area contributed by atoms with Crippen LogP contribution in [0.2, 0.25) is 0 Å². The Morgan fingerprint density at radius 3 is 1.94 bits per heavy atom. The molecule has 0 unspecified atom stereocenters. The van der Waals surface area contributed by atoms with E-state index in [1.165, 1.54) is 0 Å². The van der Waals surface area contributed by atoms with Crippen molar-refractivity contribution in [1.29, 1.82) is 0 Å². The van der Waals surface area contributed by atoms with Crippen molar-refractivity contribution in [2.45, 2.75) is 6.42 Å². The highest BCUT2D eigenvalue weighted by atomic mass is 35.5. The molecule has 0 aliphatic carbocycles. The fourth-order valence-electron chi connectivity index (χ4n) is 1.07. The Balaban J connectivity index is 0. The lowest BCUT2D eigenvalue weighted by Gasteiger charge is -2.21. The summed E-state index contributed by atoms with van der Waals surface area (Å²) in [5.74, 6) is -0.786. The molecule has 0 aromatic heterocycles. The topological polar surface area (TPSA) is 57.5 Å². The van der Waals surface area contributed by atoms with Gasteiger partial charge in [-0.25, -0.2) is 0 Å². The van der Waals surface area contributed by atoms with Crippen LogP contribution in [0, 0.1) is 0 Å². The molecule has 1 rings (SSSR count). The molecular formula is C13H22ClNO3. The molecule has 0 saturated carbocycles. The number of aliphatic hydroxyl groups excluding tert-OH is 1. The first kappa shape index (κ1) is 19.2. The van der Waals surface area contributed by atoms with E-state index in [9.17, 15) is 4.79 Å². The van der Waals surface area contributed by atoms with E-state index < -0.39 is 5.97 Å². The van der Waals surface area contributed by atoms with Crippen molar-refractivity contribution in [3.63, 3.8) is 0 Å². The molecule has 0 atom stereocenters. The van der Waals surface area contributed by atoms with E-state index in [0.717, 1.165) is 16.6 Å². The van der Waals surface area contributed by atoms with Crippen LogP contribution in [0.15, 0.2) is 30.3 Å². The standard InChI is InChI=1S/C8H8O2.C5H14NO.ClH/c9-8(10)6-7-4-2-1-3-5-7;1-6(2,3)4-5-7;/h1-5H,6H2,(H,9,10);7H,4-5H2,1-3H3;1H/q;+1;/p-1.